The number of hydrogen-bond acceptors (Lipinski definition) is 3. The van der Waals surface area contributed by atoms with Gasteiger partial charge < -0.3 is 4.55 Å². The SMILES string of the molecule is Fc1ccc([S+](c2ccccc2)C(F)(F)F)c(F)c1.O=S(=O)([O-])C(F)(F)F. The van der Waals surface area contributed by atoms with Crippen LogP contribution >= 0.6 is 0 Å². The van der Waals surface area contributed by atoms with Crippen LogP contribution in [0.15, 0.2) is 58.3 Å². The van der Waals surface area contributed by atoms with E-state index in [4.69, 9.17) is 13.0 Å². The van der Waals surface area contributed by atoms with Crippen molar-refractivity contribution in [3.63, 3.8) is 0 Å². The third-order valence-electron chi connectivity index (χ3n) is 2.61. The van der Waals surface area contributed by atoms with Crippen molar-refractivity contribution in [3.8, 4) is 0 Å². The molecule has 2 aromatic rings. The summed E-state index contributed by atoms with van der Waals surface area (Å²) in [6.45, 7) is 0. The van der Waals surface area contributed by atoms with Crippen LogP contribution in [0.1, 0.15) is 0 Å². The van der Waals surface area contributed by atoms with Gasteiger partial charge in [-0.2, -0.15) is 13.2 Å². The molecule has 13 heteroatoms. The van der Waals surface area contributed by atoms with Gasteiger partial charge in [-0.1, -0.05) is 18.2 Å². The molecule has 2 rings (SSSR count). The van der Waals surface area contributed by atoms with Crippen LogP contribution in [0, 0.1) is 11.6 Å². The van der Waals surface area contributed by atoms with E-state index < -0.39 is 48.6 Å². The molecule has 0 heterocycles. The Morgan fingerprint density at radius 1 is 0.852 bits per heavy atom. The zero-order chi connectivity index (χ0) is 21.0. The molecule has 0 N–H and O–H groups in total. The molecule has 0 saturated heterocycles. The van der Waals surface area contributed by atoms with Crippen molar-refractivity contribution in [2.75, 3.05) is 0 Å². The summed E-state index contributed by atoms with van der Waals surface area (Å²) in [7, 11) is -8.52. The highest BCUT2D eigenvalue weighted by Crippen LogP contribution is 2.39. The summed E-state index contributed by atoms with van der Waals surface area (Å²) in [5.41, 5.74) is -10.3. The predicted molar refractivity (Wildman–Crippen MR) is 78.5 cm³/mol. The Labute approximate surface area is 150 Å². The molecule has 0 aliphatic heterocycles. The molecule has 0 amide bonds. The van der Waals surface area contributed by atoms with Crippen LogP contribution in [0.5, 0.6) is 0 Å². The minimum atomic E-state index is -6.09. The fraction of sp³-hybridized carbons (Fsp3) is 0.143. The highest BCUT2D eigenvalue weighted by Gasteiger charge is 2.55. The maximum Gasteiger partial charge on any atom is 0.586 e. The first-order valence-electron chi connectivity index (χ1n) is 6.48. The lowest BCUT2D eigenvalue weighted by molar-refractivity contribution is -0.0518. The maximum atomic E-state index is 13.6. The lowest BCUT2D eigenvalue weighted by Gasteiger charge is -2.10. The molecule has 3 nitrogen and oxygen atoms in total. The van der Waals surface area contributed by atoms with Crippen LogP contribution in [0.25, 0.3) is 0 Å². The van der Waals surface area contributed by atoms with Crippen LogP contribution in [-0.2, 0) is 21.0 Å². The van der Waals surface area contributed by atoms with E-state index in [-0.39, 0.29) is 4.90 Å². The molecule has 0 spiro atoms. The molecule has 0 aliphatic carbocycles. The quantitative estimate of drug-likeness (QED) is 0.298. The summed E-state index contributed by atoms with van der Waals surface area (Å²) in [5.74, 6) is -2.09. The topological polar surface area (TPSA) is 57.2 Å². The summed E-state index contributed by atoms with van der Waals surface area (Å²) < 4.78 is 125. The van der Waals surface area contributed by atoms with Crippen LogP contribution in [0.4, 0.5) is 35.1 Å². The summed E-state index contributed by atoms with van der Waals surface area (Å²) >= 11 is 0. The standard InChI is InChI=1S/C13H8F5S.CHF3O3S/c14-9-6-7-12(11(15)8-9)19(13(16,17)18)10-4-2-1-3-5-10;2-1(3,4)8(5,6)7/h1-8H;(H,5,6,7)/q+1;/p-1. The zero-order valence-corrected chi connectivity index (χ0v) is 14.3. The number of rotatable bonds is 2. The molecule has 0 aromatic heterocycles. The number of hydrogen-bond donors (Lipinski definition) is 0. The second-order valence-corrected chi connectivity index (χ2v) is 7.90. The Hall–Kier alpha value is -1.86. The van der Waals surface area contributed by atoms with Crippen molar-refractivity contribution < 1.29 is 48.1 Å². The van der Waals surface area contributed by atoms with Crippen molar-refractivity contribution in [2.45, 2.75) is 20.8 Å². The predicted octanol–water partition coefficient (Wildman–Crippen LogP) is 4.57. The van der Waals surface area contributed by atoms with Gasteiger partial charge in [0.15, 0.2) is 31.7 Å². The second-order valence-electron chi connectivity index (χ2n) is 4.54. The van der Waals surface area contributed by atoms with Gasteiger partial charge in [0.05, 0.1) is 0 Å². The van der Waals surface area contributed by atoms with Crippen LogP contribution in [0.3, 0.4) is 0 Å². The summed E-state index contributed by atoms with van der Waals surface area (Å²) in [6.07, 6.45) is 0. The smallest absolute Gasteiger partial charge is 0.586 e. The van der Waals surface area contributed by atoms with Crippen LogP contribution in [-0.4, -0.2) is 24.0 Å². The van der Waals surface area contributed by atoms with Gasteiger partial charge in [0.1, 0.15) is 5.82 Å². The zero-order valence-electron chi connectivity index (χ0n) is 12.7. The van der Waals surface area contributed by atoms with Crippen molar-refractivity contribution in [2.24, 2.45) is 0 Å². The van der Waals surface area contributed by atoms with Crippen molar-refractivity contribution in [3.05, 3.63) is 60.2 Å². The van der Waals surface area contributed by atoms with E-state index in [1.807, 2.05) is 0 Å². The van der Waals surface area contributed by atoms with E-state index in [2.05, 4.69) is 0 Å². The van der Waals surface area contributed by atoms with Crippen molar-refractivity contribution in [1.29, 1.82) is 0 Å². The molecule has 0 fully saturated rings. The van der Waals surface area contributed by atoms with E-state index in [1.54, 1.807) is 6.07 Å². The Balaban J connectivity index is 0.000000387. The lowest BCUT2D eigenvalue weighted by Crippen LogP contribution is -2.25. The van der Waals surface area contributed by atoms with E-state index in [0.29, 0.717) is 6.07 Å². The molecule has 27 heavy (non-hydrogen) atoms. The van der Waals surface area contributed by atoms with Gasteiger partial charge in [-0.15, -0.1) is 13.2 Å². The number of halogens is 8. The highest BCUT2D eigenvalue weighted by atomic mass is 32.2. The van der Waals surface area contributed by atoms with Gasteiger partial charge in [0, 0.05) is 12.1 Å². The van der Waals surface area contributed by atoms with E-state index >= 15 is 0 Å². The first-order chi connectivity index (χ1) is 12.1. The fourth-order valence-electron chi connectivity index (χ4n) is 1.58. The second kappa shape index (κ2) is 8.44. The maximum absolute atomic E-state index is 13.6. The minimum absolute atomic E-state index is 0.0551. The molecular weight excluding hydrogens is 432 g/mol. The van der Waals surface area contributed by atoms with Gasteiger partial charge >= 0.3 is 11.0 Å². The summed E-state index contributed by atoms with van der Waals surface area (Å²) in [6, 6.07) is 9.15. The molecule has 0 radical (unpaired) electrons. The van der Waals surface area contributed by atoms with Crippen LogP contribution < -0.4 is 0 Å². The van der Waals surface area contributed by atoms with Crippen LogP contribution in [0.2, 0.25) is 0 Å². The Morgan fingerprint density at radius 2 is 1.33 bits per heavy atom. The fourth-order valence-corrected chi connectivity index (χ4v) is 3.24. The van der Waals surface area contributed by atoms with E-state index in [1.165, 1.54) is 24.3 Å². The average Bonchev–Trinajstić information content (AvgIpc) is 2.48. The van der Waals surface area contributed by atoms with E-state index in [9.17, 15) is 35.1 Å². The first-order valence-corrected chi connectivity index (χ1v) is 9.11. The van der Waals surface area contributed by atoms with Crippen molar-refractivity contribution in [1.82, 2.24) is 0 Å². The average molecular weight is 440 g/mol. The molecule has 0 aliphatic rings. The molecule has 2 aromatic carbocycles. The first kappa shape index (κ1) is 23.2. The van der Waals surface area contributed by atoms with Gasteiger partial charge in [-0.05, 0) is 18.2 Å². The Morgan fingerprint density at radius 3 is 1.70 bits per heavy atom. The third kappa shape index (κ3) is 6.66. The molecule has 1 atom stereocenters. The highest BCUT2D eigenvalue weighted by molar-refractivity contribution is 7.97. The van der Waals surface area contributed by atoms with E-state index in [0.717, 1.165) is 12.1 Å². The Kier molecular flexibility index (Phi) is 7.24. The Bertz CT molecular complexity index is 864. The molecule has 1 unspecified atom stereocenters. The van der Waals surface area contributed by atoms with Gasteiger partial charge in [0.2, 0.25) is 4.90 Å². The largest absolute Gasteiger partial charge is 0.741 e. The monoisotopic (exact) mass is 440 g/mol. The van der Waals surface area contributed by atoms with Crippen molar-refractivity contribution >= 4 is 21.0 Å². The van der Waals surface area contributed by atoms with Gasteiger partial charge in [-0.3, -0.25) is 0 Å². The molecule has 150 valence electrons. The lowest BCUT2D eigenvalue weighted by atomic mass is 10.3. The summed E-state index contributed by atoms with van der Waals surface area (Å²) in [4.78, 5) is -0.611. The van der Waals surface area contributed by atoms with Gasteiger partial charge in [-0.25, -0.2) is 17.2 Å². The molecular formula is C14H8F8O3S2. The number of benzene rings is 2. The third-order valence-corrected chi connectivity index (χ3v) is 5.15. The normalized spacial score (nSPS) is 13.5. The molecule has 0 bridgehead atoms. The van der Waals surface area contributed by atoms with Gasteiger partial charge in [0.25, 0.3) is 0 Å². The summed E-state index contributed by atoms with van der Waals surface area (Å²) in [5, 5.41) is 0. The minimum Gasteiger partial charge on any atom is -0.741 e. The molecule has 0 saturated carbocycles. The number of alkyl halides is 6.